The van der Waals surface area contributed by atoms with E-state index < -0.39 is 0 Å². The molecule has 2 aliphatic rings. The van der Waals surface area contributed by atoms with Gasteiger partial charge in [-0.1, -0.05) is 13.3 Å². The molecule has 4 nitrogen and oxygen atoms in total. The molecule has 1 amide bonds. The Morgan fingerprint density at radius 3 is 2.59 bits per heavy atom. The van der Waals surface area contributed by atoms with Crippen molar-refractivity contribution in [2.45, 2.75) is 32.6 Å². The largest absolute Gasteiger partial charge is 0.449 e. The summed E-state index contributed by atoms with van der Waals surface area (Å²) in [7, 11) is 0. The van der Waals surface area contributed by atoms with Gasteiger partial charge in [0.1, 0.15) is 0 Å². The number of halogens is 1. The molecule has 5 heteroatoms. The summed E-state index contributed by atoms with van der Waals surface area (Å²) in [4.78, 5) is 13.5. The summed E-state index contributed by atoms with van der Waals surface area (Å²) in [6.45, 7) is 6.67. The zero-order valence-corrected chi connectivity index (χ0v) is 11.4. The monoisotopic (exact) mass is 262 g/mol. The molecule has 0 aliphatic carbocycles. The first-order chi connectivity index (χ1) is 7.76. The van der Waals surface area contributed by atoms with E-state index in [0.29, 0.717) is 12.0 Å². The molecule has 17 heavy (non-hydrogen) atoms. The highest BCUT2D eigenvalue weighted by Crippen LogP contribution is 2.38. The third-order valence-electron chi connectivity index (χ3n) is 3.70. The third kappa shape index (κ3) is 3.49. The predicted octanol–water partition coefficient (Wildman–Crippen LogP) is 2.03. The van der Waals surface area contributed by atoms with Crippen LogP contribution in [0.15, 0.2) is 0 Å². The van der Waals surface area contributed by atoms with Crippen LogP contribution in [0.4, 0.5) is 4.79 Å². The first-order valence-electron chi connectivity index (χ1n) is 6.38. The number of amides is 1. The van der Waals surface area contributed by atoms with Crippen molar-refractivity contribution in [2.75, 3.05) is 32.8 Å². The number of ether oxygens (including phenoxy) is 1. The second-order valence-electron chi connectivity index (χ2n) is 5.07. The topological polar surface area (TPSA) is 41.6 Å². The average molecular weight is 263 g/mol. The number of likely N-dealkylation sites (tertiary alicyclic amines) is 1. The van der Waals surface area contributed by atoms with Gasteiger partial charge in [-0.15, -0.1) is 12.4 Å². The molecule has 1 spiro atoms. The number of hydrogen-bond acceptors (Lipinski definition) is 3. The van der Waals surface area contributed by atoms with Crippen LogP contribution >= 0.6 is 12.4 Å². The van der Waals surface area contributed by atoms with Crippen LogP contribution in [0.25, 0.3) is 0 Å². The van der Waals surface area contributed by atoms with E-state index in [0.717, 1.165) is 39.0 Å². The van der Waals surface area contributed by atoms with Crippen LogP contribution < -0.4 is 5.32 Å². The summed E-state index contributed by atoms with van der Waals surface area (Å²) < 4.78 is 5.19. The Balaban J connectivity index is 0.00000144. The number of carbonyl (C=O) groups is 1. The maximum Gasteiger partial charge on any atom is 0.409 e. The van der Waals surface area contributed by atoms with Crippen LogP contribution in [-0.2, 0) is 4.74 Å². The molecule has 2 fully saturated rings. The SMILES string of the molecule is CCCCOC(=O)N1CC2(CCNCC2)C1.Cl. The van der Waals surface area contributed by atoms with E-state index >= 15 is 0 Å². The minimum absolute atomic E-state index is 0. The van der Waals surface area contributed by atoms with E-state index in [9.17, 15) is 4.79 Å². The van der Waals surface area contributed by atoms with Crippen molar-refractivity contribution in [1.29, 1.82) is 0 Å². The van der Waals surface area contributed by atoms with Crippen LogP contribution in [0.2, 0.25) is 0 Å². The van der Waals surface area contributed by atoms with Crippen molar-refractivity contribution in [3.05, 3.63) is 0 Å². The molecule has 0 radical (unpaired) electrons. The molecule has 100 valence electrons. The van der Waals surface area contributed by atoms with Gasteiger partial charge < -0.3 is 15.0 Å². The Hall–Kier alpha value is -0.480. The van der Waals surface area contributed by atoms with Crippen molar-refractivity contribution >= 4 is 18.5 Å². The van der Waals surface area contributed by atoms with Gasteiger partial charge in [-0.3, -0.25) is 0 Å². The van der Waals surface area contributed by atoms with Crippen LogP contribution in [0, 0.1) is 5.41 Å². The fourth-order valence-corrected chi connectivity index (χ4v) is 2.56. The fourth-order valence-electron chi connectivity index (χ4n) is 2.56. The first kappa shape index (κ1) is 14.6. The molecule has 2 heterocycles. The molecule has 0 bridgehead atoms. The summed E-state index contributed by atoms with van der Waals surface area (Å²) in [5, 5.41) is 3.36. The summed E-state index contributed by atoms with van der Waals surface area (Å²) in [5.74, 6) is 0. The van der Waals surface area contributed by atoms with Crippen molar-refractivity contribution < 1.29 is 9.53 Å². The molecule has 0 aromatic rings. The van der Waals surface area contributed by atoms with Crippen molar-refractivity contribution in [3.8, 4) is 0 Å². The summed E-state index contributed by atoms with van der Waals surface area (Å²) in [5.41, 5.74) is 0.412. The minimum atomic E-state index is -0.113. The van der Waals surface area contributed by atoms with Crippen LogP contribution in [-0.4, -0.2) is 43.8 Å². The summed E-state index contributed by atoms with van der Waals surface area (Å²) in [6, 6.07) is 0. The van der Waals surface area contributed by atoms with E-state index in [1.165, 1.54) is 12.8 Å². The molecule has 2 aliphatic heterocycles. The van der Waals surface area contributed by atoms with Gasteiger partial charge in [0.2, 0.25) is 0 Å². The smallest absolute Gasteiger partial charge is 0.409 e. The molecule has 0 aromatic carbocycles. The van der Waals surface area contributed by atoms with Gasteiger partial charge in [-0.05, 0) is 32.4 Å². The second kappa shape index (κ2) is 6.45. The highest BCUT2D eigenvalue weighted by Gasteiger charge is 2.45. The Morgan fingerprint density at radius 1 is 1.35 bits per heavy atom. The zero-order chi connectivity index (χ0) is 11.4. The first-order valence-corrected chi connectivity index (χ1v) is 6.38. The van der Waals surface area contributed by atoms with Gasteiger partial charge in [0.05, 0.1) is 6.61 Å². The lowest BCUT2D eigenvalue weighted by Gasteiger charge is -2.51. The fraction of sp³-hybridized carbons (Fsp3) is 0.917. The van der Waals surface area contributed by atoms with Gasteiger partial charge >= 0.3 is 6.09 Å². The normalized spacial score (nSPS) is 21.6. The number of nitrogens with zero attached hydrogens (tertiary/aromatic N) is 1. The average Bonchev–Trinajstić information content (AvgIpc) is 2.27. The van der Waals surface area contributed by atoms with Crippen molar-refractivity contribution in [2.24, 2.45) is 5.41 Å². The van der Waals surface area contributed by atoms with E-state index in [4.69, 9.17) is 4.74 Å². The lowest BCUT2D eigenvalue weighted by atomic mass is 9.73. The highest BCUT2D eigenvalue weighted by atomic mass is 35.5. The molecule has 0 atom stereocenters. The number of unbranched alkanes of at least 4 members (excludes halogenated alkanes) is 1. The zero-order valence-electron chi connectivity index (χ0n) is 10.5. The molecule has 2 rings (SSSR count). The Bertz CT molecular complexity index is 247. The van der Waals surface area contributed by atoms with Gasteiger partial charge in [-0.2, -0.15) is 0 Å². The van der Waals surface area contributed by atoms with E-state index in [1.54, 1.807) is 0 Å². The van der Waals surface area contributed by atoms with Gasteiger partial charge in [0.25, 0.3) is 0 Å². The van der Waals surface area contributed by atoms with Crippen LogP contribution in [0.3, 0.4) is 0 Å². The molecular weight excluding hydrogens is 240 g/mol. The Kier molecular flexibility index (Phi) is 5.53. The summed E-state index contributed by atoms with van der Waals surface area (Å²) in [6.07, 6.45) is 4.33. The van der Waals surface area contributed by atoms with Crippen molar-refractivity contribution in [3.63, 3.8) is 0 Å². The van der Waals surface area contributed by atoms with Crippen LogP contribution in [0.5, 0.6) is 0 Å². The van der Waals surface area contributed by atoms with Gasteiger partial charge in [-0.25, -0.2) is 4.79 Å². The van der Waals surface area contributed by atoms with E-state index in [2.05, 4.69) is 12.2 Å². The maximum atomic E-state index is 11.6. The number of hydrogen-bond donors (Lipinski definition) is 1. The highest BCUT2D eigenvalue weighted by molar-refractivity contribution is 5.85. The van der Waals surface area contributed by atoms with Crippen molar-refractivity contribution in [1.82, 2.24) is 10.2 Å². The summed E-state index contributed by atoms with van der Waals surface area (Å²) >= 11 is 0. The number of rotatable bonds is 3. The third-order valence-corrected chi connectivity index (χ3v) is 3.70. The molecule has 0 unspecified atom stereocenters. The molecule has 1 N–H and O–H groups in total. The number of nitrogens with one attached hydrogen (secondary N) is 1. The molecule has 0 aromatic heterocycles. The molecule has 2 saturated heterocycles. The number of piperidine rings is 1. The predicted molar refractivity (Wildman–Crippen MR) is 69.6 cm³/mol. The molecule has 0 saturated carbocycles. The standard InChI is InChI=1S/C12H22N2O2.ClH/c1-2-3-8-16-11(15)14-9-12(10-14)4-6-13-7-5-12;/h13H,2-10H2,1H3;1H. The van der Waals surface area contributed by atoms with E-state index in [1.807, 2.05) is 4.90 Å². The molecular formula is C12H23ClN2O2. The van der Waals surface area contributed by atoms with Gasteiger partial charge in [0, 0.05) is 18.5 Å². The van der Waals surface area contributed by atoms with E-state index in [-0.39, 0.29) is 18.5 Å². The minimum Gasteiger partial charge on any atom is -0.449 e. The Morgan fingerprint density at radius 2 is 2.00 bits per heavy atom. The Labute approximate surface area is 109 Å². The lowest BCUT2D eigenvalue weighted by molar-refractivity contribution is -0.0215. The maximum absolute atomic E-state index is 11.6. The second-order valence-corrected chi connectivity index (χ2v) is 5.07. The number of carbonyl (C=O) groups excluding carboxylic acids is 1. The van der Waals surface area contributed by atoms with Crippen LogP contribution in [0.1, 0.15) is 32.6 Å². The lowest BCUT2D eigenvalue weighted by Crippen LogP contribution is -2.61. The van der Waals surface area contributed by atoms with Gasteiger partial charge in [0.15, 0.2) is 0 Å². The quantitative estimate of drug-likeness (QED) is 0.792.